The molecule has 2 aliphatic rings. The van der Waals surface area contributed by atoms with E-state index in [1.165, 1.54) is 6.07 Å². The first-order valence-corrected chi connectivity index (χ1v) is 12.5. The summed E-state index contributed by atoms with van der Waals surface area (Å²) < 4.78 is 44.9. The van der Waals surface area contributed by atoms with Gasteiger partial charge in [0.05, 0.1) is 30.9 Å². The number of morpholine rings is 1. The highest BCUT2D eigenvalue weighted by atomic mass is 19.3. The molecule has 0 bridgehead atoms. The molecule has 0 amide bonds. The predicted octanol–water partition coefficient (Wildman–Crippen LogP) is 4.15. The molecule has 2 fully saturated rings. The highest BCUT2D eigenvalue weighted by Crippen LogP contribution is 2.30. The van der Waals surface area contributed by atoms with E-state index < -0.39 is 6.61 Å². The van der Waals surface area contributed by atoms with Gasteiger partial charge in [0.15, 0.2) is 11.5 Å². The van der Waals surface area contributed by atoms with Gasteiger partial charge in [0.1, 0.15) is 11.3 Å². The Morgan fingerprint density at radius 2 is 1.84 bits per heavy atom. The lowest BCUT2D eigenvalue weighted by atomic mass is 10.0. The number of pyridine rings is 1. The summed E-state index contributed by atoms with van der Waals surface area (Å²) in [4.78, 5) is 12.0. The Labute approximate surface area is 212 Å². The van der Waals surface area contributed by atoms with Crippen LogP contribution in [0.1, 0.15) is 12.8 Å². The van der Waals surface area contributed by atoms with Gasteiger partial charge in [-0.3, -0.25) is 0 Å². The van der Waals surface area contributed by atoms with Crippen molar-refractivity contribution in [3.05, 3.63) is 48.9 Å². The minimum atomic E-state index is -2.88. The minimum Gasteiger partial charge on any atom is -0.435 e. The average molecular weight is 511 g/mol. The van der Waals surface area contributed by atoms with Gasteiger partial charge in [-0.25, -0.2) is 14.6 Å². The third kappa shape index (κ3) is 5.14. The second-order valence-electron chi connectivity index (χ2n) is 9.28. The third-order valence-corrected chi connectivity index (χ3v) is 6.87. The van der Waals surface area contributed by atoms with Crippen molar-refractivity contribution in [3.8, 4) is 22.8 Å². The van der Waals surface area contributed by atoms with Crippen molar-refractivity contribution in [1.29, 1.82) is 0 Å². The summed E-state index contributed by atoms with van der Waals surface area (Å²) in [5.41, 5.74) is 3.98. The van der Waals surface area contributed by atoms with Gasteiger partial charge in [-0.05, 0) is 37.0 Å². The first-order valence-electron chi connectivity index (χ1n) is 12.5. The van der Waals surface area contributed by atoms with E-state index in [4.69, 9.17) is 24.5 Å². The van der Waals surface area contributed by atoms with Crippen LogP contribution in [0.15, 0.2) is 48.9 Å². The van der Waals surface area contributed by atoms with Gasteiger partial charge in [-0.2, -0.15) is 13.9 Å². The molecule has 0 aliphatic carbocycles. The van der Waals surface area contributed by atoms with Gasteiger partial charge in [0, 0.05) is 50.7 Å². The number of alkyl halides is 2. The van der Waals surface area contributed by atoms with Crippen molar-refractivity contribution in [1.82, 2.24) is 24.3 Å². The third-order valence-electron chi connectivity index (χ3n) is 6.87. The maximum atomic E-state index is 12.7. The smallest absolute Gasteiger partial charge is 0.387 e. The Kier molecular flexibility index (Phi) is 6.71. The molecule has 0 atom stereocenters. The second kappa shape index (κ2) is 10.4. The molecule has 3 aromatic heterocycles. The fraction of sp³-hybridized carbons (Fsp3) is 0.423. The number of nitrogens with zero attached hydrogens (tertiary/aromatic N) is 6. The van der Waals surface area contributed by atoms with Crippen molar-refractivity contribution in [2.24, 2.45) is 5.92 Å². The maximum Gasteiger partial charge on any atom is 0.387 e. The largest absolute Gasteiger partial charge is 0.435 e. The van der Waals surface area contributed by atoms with Gasteiger partial charge in [0.25, 0.3) is 0 Å². The molecule has 0 unspecified atom stereocenters. The zero-order valence-corrected chi connectivity index (χ0v) is 20.3. The highest BCUT2D eigenvalue weighted by Gasteiger charge is 2.22. The second-order valence-corrected chi connectivity index (χ2v) is 9.28. The summed E-state index contributed by atoms with van der Waals surface area (Å²) in [6.45, 7) is 2.38. The lowest BCUT2D eigenvalue weighted by Crippen LogP contribution is -2.36. The molecule has 0 spiro atoms. The number of hydrogen-bond donors (Lipinski definition) is 0. The van der Waals surface area contributed by atoms with E-state index in [0.717, 1.165) is 62.5 Å². The predicted molar refractivity (Wildman–Crippen MR) is 133 cm³/mol. The fourth-order valence-corrected chi connectivity index (χ4v) is 4.95. The molecule has 194 valence electrons. The topological polar surface area (TPSA) is 79.5 Å². The van der Waals surface area contributed by atoms with E-state index in [1.807, 2.05) is 30.7 Å². The van der Waals surface area contributed by atoms with Crippen LogP contribution in [0.4, 0.5) is 14.5 Å². The first-order chi connectivity index (χ1) is 18.1. The molecular weight excluding hydrogens is 482 g/mol. The van der Waals surface area contributed by atoms with Crippen molar-refractivity contribution < 1.29 is 23.0 Å². The van der Waals surface area contributed by atoms with Crippen molar-refractivity contribution in [2.75, 3.05) is 44.4 Å². The number of rotatable bonds is 7. The van der Waals surface area contributed by atoms with Crippen molar-refractivity contribution in [2.45, 2.75) is 26.0 Å². The van der Waals surface area contributed by atoms with Gasteiger partial charge in [-0.1, -0.05) is 12.1 Å². The number of anilines is 1. The Bertz CT molecular complexity index is 1360. The van der Waals surface area contributed by atoms with Gasteiger partial charge < -0.3 is 23.7 Å². The molecule has 0 saturated carbocycles. The minimum absolute atomic E-state index is 0.0909. The Morgan fingerprint density at radius 3 is 2.65 bits per heavy atom. The molecule has 11 heteroatoms. The molecule has 0 N–H and O–H groups in total. The van der Waals surface area contributed by atoms with Crippen molar-refractivity contribution >= 4 is 16.9 Å². The fourth-order valence-electron chi connectivity index (χ4n) is 4.95. The number of imidazole rings is 1. The van der Waals surface area contributed by atoms with Gasteiger partial charge in [0.2, 0.25) is 0 Å². The van der Waals surface area contributed by atoms with Crippen LogP contribution in [0.5, 0.6) is 5.75 Å². The summed E-state index contributed by atoms with van der Waals surface area (Å²) in [6, 6.07) is 10.4. The van der Waals surface area contributed by atoms with E-state index in [1.54, 1.807) is 16.8 Å². The van der Waals surface area contributed by atoms with Crippen LogP contribution in [0, 0.1) is 5.92 Å². The molecule has 2 saturated heterocycles. The molecular formula is C26H28F2N6O3. The SMILES string of the molecule is FC(F)Oc1cccc(-c2ccn(-c3cc(N4CCOCC4)c4ncn(CC5CCOCC5)c4n3)n2)c1. The van der Waals surface area contributed by atoms with E-state index in [0.29, 0.717) is 36.2 Å². The normalized spacial score (nSPS) is 17.1. The number of halogens is 2. The molecule has 4 aromatic rings. The number of ether oxygens (including phenoxy) is 3. The molecule has 6 rings (SSSR count). The molecule has 9 nitrogen and oxygen atoms in total. The van der Waals surface area contributed by atoms with Crippen LogP contribution >= 0.6 is 0 Å². The van der Waals surface area contributed by atoms with E-state index in [2.05, 4.69) is 14.2 Å². The summed E-state index contributed by atoms with van der Waals surface area (Å²) in [6.07, 6.45) is 5.75. The zero-order chi connectivity index (χ0) is 25.2. The Balaban J connectivity index is 1.37. The molecule has 5 heterocycles. The van der Waals surface area contributed by atoms with E-state index in [9.17, 15) is 8.78 Å². The van der Waals surface area contributed by atoms with E-state index >= 15 is 0 Å². The average Bonchev–Trinajstić information content (AvgIpc) is 3.57. The number of benzene rings is 1. The van der Waals surface area contributed by atoms with Gasteiger partial charge in [-0.15, -0.1) is 0 Å². The summed E-state index contributed by atoms with van der Waals surface area (Å²) in [5, 5.41) is 4.72. The Hall–Kier alpha value is -3.57. The molecule has 37 heavy (non-hydrogen) atoms. The van der Waals surface area contributed by atoms with Crippen LogP contribution in [-0.2, 0) is 16.0 Å². The number of hydrogen-bond acceptors (Lipinski definition) is 7. The van der Waals surface area contributed by atoms with Gasteiger partial charge >= 0.3 is 6.61 Å². The van der Waals surface area contributed by atoms with E-state index in [-0.39, 0.29) is 5.75 Å². The number of aromatic nitrogens is 5. The Morgan fingerprint density at radius 1 is 1.03 bits per heavy atom. The van der Waals surface area contributed by atoms with Crippen molar-refractivity contribution in [3.63, 3.8) is 0 Å². The molecule has 1 aromatic carbocycles. The highest BCUT2D eigenvalue weighted by molar-refractivity contribution is 5.87. The monoisotopic (exact) mass is 510 g/mol. The van der Waals surface area contributed by atoms with Crippen LogP contribution in [-0.4, -0.2) is 70.4 Å². The van der Waals surface area contributed by atoms with Crippen LogP contribution < -0.4 is 9.64 Å². The molecule has 2 aliphatic heterocycles. The lowest BCUT2D eigenvalue weighted by Gasteiger charge is -2.29. The number of fused-ring (bicyclic) bond motifs is 1. The summed E-state index contributed by atoms with van der Waals surface area (Å²) in [7, 11) is 0. The maximum absolute atomic E-state index is 12.7. The van der Waals surface area contributed by atoms with Crippen LogP contribution in [0.3, 0.4) is 0 Å². The van der Waals surface area contributed by atoms with Crippen LogP contribution in [0.2, 0.25) is 0 Å². The standard InChI is InChI=1S/C26H28F2N6O3/c27-26(28)37-20-3-1-2-19(14-20)21-4-7-34(31-21)23-15-22(32-8-12-36-13-9-32)24-25(30-23)33(17-29-24)16-18-5-10-35-11-6-18/h1-4,7,14-15,17-18,26H,5-6,8-13,16H2. The first kappa shape index (κ1) is 23.8. The molecule has 0 radical (unpaired) electrons. The van der Waals surface area contributed by atoms with Crippen LogP contribution in [0.25, 0.3) is 28.2 Å². The zero-order valence-electron chi connectivity index (χ0n) is 20.3. The quantitative estimate of drug-likeness (QED) is 0.370. The lowest BCUT2D eigenvalue weighted by molar-refractivity contribution is -0.0498. The summed E-state index contributed by atoms with van der Waals surface area (Å²) in [5.74, 6) is 1.27. The summed E-state index contributed by atoms with van der Waals surface area (Å²) >= 11 is 0.